The summed E-state index contributed by atoms with van der Waals surface area (Å²) in [6.45, 7) is 11.9. The molecule has 0 aliphatic heterocycles. The lowest BCUT2D eigenvalue weighted by molar-refractivity contribution is -0.144. The highest BCUT2D eigenvalue weighted by Crippen LogP contribution is 2.19. The van der Waals surface area contributed by atoms with Gasteiger partial charge < -0.3 is 9.84 Å². The van der Waals surface area contributed by atoms with Gasteiger partial charge in [-0.3, -0.25) is 9.59 Å². The normalized spacial score (nSPS) is 11.9. The largest absolute Gasteiger partial charge is 0.481 e. The molecule has 0 aliphatic carbocycles. The molecule has 0 aromatic heterocycles. The summed E-state index contributed by atoms with van der Waals surface area (Å²) in [6, 6.07) is 0. The number of hydrogen-bond donors (Lipinski definition) is 2. The monoisotopic (exact) mass is 741 g/mol. The molecule has 0 aromatic rings. The number of ether oxygens (including phenoxy) is 1. The quantitative estimate of drug-likeness (QED) is 0.0374. The number of carboxylic acids is 1. The molecule has 306 valence electrons. The predicted octanol–water partition coefficient (Wildman–Crippen LogP) is 15.9. The fourth-order valence-corrected chi connectivity index (χ4v) is 7.05. The van der Waals surface area contributed by atoms with Crippen molar-refractivity contribution in [2.45, 2.75) is 265 Å². The van der Waals surface area contributed by atoms with Crippen molar-refractivity contribution >= 4 is 24.6 Å². The van der Waals surface area contributed by atoms with Crippen LogP contribution in [0.2, 0.25) is 0 Å². The number of carbonyl (C=O) groups excluding carboxylic acids is 1. The van der Waals surface area contributed by atoms with Crippen LogP contribution in [0.4, 0.5) is 0 Å². The van der Waals surface area contributed by atoms with E-state index in [1.807, 2.05) is 6.92 Å². The van der Waals surface area contributed by atoms with Gasteiger partial charge in [-0.2, -0.15) is 12.6 Å². The van der Waals surface area contributed by atoms with Gasteiger partial charge in [-0.1, -0.05) is 214 Å². The molecular weight excluding hydrogens is 649 g/mol. The van der Waals surface area contributed by atoms with Crippen LogP contribution in [-0.4, -0.2) is 28.9 Å². The van der Waals surface area contributed by atoms with Gasteiger partial charge in [0.25, 0.3) is 0 Å². The molecule has 4 nitrogen and oxygen atoms in total. The molecule has 0 amide bonds. The zero-order chi connectivity index (χ0) is 38.0. The average Bonchev–Trinajstić information content (AvgIpc) is 3.08. The van der Waals surface area contributed by atoms with E-state index in [1.54, 1.807) is 0 Å². The van der Waals surface area contributed by atoms with Gasteiger partial charge in [-0.05, 0) is 43.9 Å². The third-order valence-corrected chi connectivity index (χ3v) is 10.7. The average molecular weight is 741 g/mol. The van der Waals surface area contributed by atoms with Crippen LogP contribution in [0.15, 0.2) is 0 Å². The fraction of sp³-hybridized carbons (Fsp3) is 0.957. The first kappa shape index (κ1) is 52.4. The summed E-state index contributed by atoms with van der Waals surface area (Å²) in [4.78, 5) is 21.8. The van der Waals surface area contributed by atoms with Crippen molar-refractivity contribution in [2.24, 2.45) is 11.8 Å². The van der Waals surface area contributed by atoms with Crippen molar-refractivity contribution in [1.29, 1.82) is 0 Å². The van der Waals surface area contributed by atoms with Gasteiger partial charge in [0, 0.05) is 18.1 Å². The van der Waals surface area contributed by atoms with E-state index in [1.165, 1.54) is 180 Å². The number of hydrogen-bond acceptors (Lipinski definition) is 4. The molecule has 0 saturated heterocycles. The van der Waals surface area contributed by atoms with Gasteiger partial charge in [0.05, 0.1) is 6.61 Å². The molecule has 1 atom stereocenters. The van der Waals surface area contributed by atoms with Crippen LogP contribution < -0.4 is 0 Å². The lowest BCUT2D eigenvalue weighted by Crippen LogP contribution is -2.07. The minimum absolute atomic E-state index is 0.00732. The van der Waals surface area contributed by atoms with Crippen molar-refractivity contribution in [1.82, 2.24) is 0 Å². The molecule has 0 saturated carbocycles. The second kappa shape index (κ2) is 43.7. The van der Waals surface area contributed by atoms with E-state index in [-0.39, 0.29) is 5.97 Å². The van der Waals surface area contributed by atoms with Gasteiger partial charge in [-0.25, -0.2) is 0 Å². The van der Waals surface area contributed by atoms with Gasteiger partial charge in [0.15, 0.2) is 0 Å². The van der Waals surface area contributed by atoms with Crippen LogP contribution in [0.25, 0.3) is 0 Å². The van der Waals surface area contributed by atoms with Crippen LogP contribution in [0.3, 0.4) is 0 Å². The zero-order valence-corrected chi connectivity index (χ0v) is 36.2. The molecule has 0 aromatic carbocycles. The standard InChI is InChI=1S/C41H82O2S.C5H10O2/c1-38(2)32-27-23-19-15-11-7-5-9-13-17-21-25-29-34-40(44)35-31-36-41(42)43-37-30-26-22-18-14-10-6-8-12-16-20-24-28-33-39(3)4;1-2-3-4-5(6)7/h38-40,44H,5-37H2,1-4H3;2-4H2,1H3,(H,6,7). The summed E-state index contributed by atoms with van der Waals surface area (Å²) in [5.74, 6) is 1.04. The van der Waals surface area contributed by atoms with Crippen LogP contribution >= 0.6 is 12.6 Å². The molecule has 0 aliphatic rings. The maximum atomic E-state index is 12.1. The van der Waals surface area contributed by atoms with Gasteiger partial charge in [0.1, 0.15) is 0 Å². The van der Waals surface area contributed by atoms with E-state index in [0.717, 1.165) is 43.9 Å². The molecule has 1 N–H and O–H groups in total. The minimum atomic E-state index is -0.693. The van der Waals surface area contributed by atoms with Crippen molar-refractivity contribution in [3.05, 3.63) is 0 Å². The van der Waals surface area contributed by atoms with Crippen molar-refractivity contribution in [3.63, 3.8) is 0 Å². The number of thiol groups is 1. The fourth-order valence-electron chi connectivity index (χ4n) is 6.69. The Bertz CT molecular complexity index is 695. The number of esters is 1. The summed E-state index contributed by atoms with van der Waals surface area (Å²) in [5.41, 5.74) is 0. The maximum Gasteiger partial charge on any atom is 0.305 e. The lowest BCUT2D eigenvalue weighted by Gasteiger charge is -2.10. The van der Waals surface area contributed by atoms with E-state index in [0.29, 0.717) is 24.7 Å². The van der Waals surface area contributed by atoms with Crippen LogP contribution in [0, 0.1) is 11.8 Å². The summed E-state index contributed by atoms with van der Waals surface area (Å²) < 4.78 is 5.47. The molecule has 1 unspecified atom stereocenters. The van der Waals surface area contributed by atoms with E-state index >= 15 is 0 Å². The van der Waals surface area contributed by atoms with Crippen molar-refractivity contribution < 1.29 is 19.4 Å². The van der Waals surface area contributed by atoms with Gasteiger partial charge >= 0.3 is 11.9 Å². The van der Waals surface area contributed by atoms with E-state index in [9.17, 15) is 9.59 Å². The zero-order valence-electron chi connectivity index (χ0n) is 35.3. The highest BCUT2D eigenvalue weighted by atomic mass is 32.1. The second-order valence-electron chi connectivity index (χ2n) is 16.6. The molecule has 0 fully saturated rings. The molecule has 0 rings (SSSR count). The summed E-state index contributed by atoms with van der Waals surface area (Å²) >= 11 is 4.78. The molecular formula is C46H92O4S. The molecule has 5 heteroatoms. The Hall–Kier alpha value is -0.710. The van der Waals surface area contributed by atoms with E-state index in [4.69, 9.17) is 22.5 Å². The van der Waals surface area contributed by atoms with Gasteiger partial charge in [-0.15, -0.1) is 0 Å². The first-order valence-corrected chi connectivity index (χ1v) is 23.3. The van der Waals surface area contributed by atoms with Crippen LogP contribution in [-0.2, 0) is 14.3 Å². The van der Waals surface area contributed by atoms with Crippen molar-refractivity contribution in [3.8, 4) is 0 Å². The third-order valence-electron chi connectivity index (χ3n) is 10.2. The van der Waals surface area contributed by atoms with Crippen LogP contribution in [0.1, 0.15) is 259 Å². The third kappa shape index (κ3) is 51.4. The molecule has 0 spiro atoms. The smallest absolute Gasteiger partial charge is 0.305 e. The highest BCUT2D eigenvalue weighted by Gasteiger charge is 2.07. The van der Waals surface area contributed by atoms with E-state index < -0.39 is 5.97 Å². The predicted molar refractivity (Wildman–Crippen MR) is 228 cm³/mol. The highest BCUT2D eigenvalue weighted by molar-refractivity contribution is 7.80. The number of carboxylic acid groups (broad SMARTS) is 1. The Morgan fingerprint density at radius 3 is 1.08 bits per heavy atom. The molecule has 0 bridgehead atoms. The first-order chi connectivity index (χ1) is 24.7. The number of unbranched alkanes of at least 4 members (excludes halogenated alkanes) is 25. The lowest BCUT2D eigenvalue weighted by atomic mass is 10.0. The Kier molecular flexibility index (Phi) is 44.9. The molecule has 51 heavy (non-hydrogen) atoms. The van der Waals surface area contributed by atoms with Gasteiger partial charge in [0.2, 0.25) is 0 Å². The maximum absolute atomic E-state index is 12.1. The Morgan fingerprint density at radius 1 is 0.451 bits per heavy atom. The topological polar surface area (TPSA) is 63.6 Å². The Morgan fingerprint density at radius 2 is 0.765 bits per heavy atom. The summed E-state index contributed by atoms with van der Waals surface area (Å²) in [7, 11) is 0. The summed E-state index contributed by atoms with van der Waals surface area (Å²) in [5, 5.41) is 8.48. The molecule has 0 radical (unpaired) electrons. The second-order valence-corrected chi connectivity index (χ2v) is 17.3. The number of rotatable bonds is 39. The van der Waals surface area contributed by atoms with Crippen LogP contribution in [0.5, 0.6) is 0 Å². The minimum Gasteiger partial charge on any atom is -0.481 e. The first-order valence-electron chi connectivity index (χ1n) is 22.7. The molecule has 0 heterocycles. The van der Waals surface area contributed by atoms with Crippen molar-refractivity contribution in [2.75, 3.05) is 6.61 Å². The SMILES string of the molecule is CC(C)CCCCCCCCCCCCCCCOC(=O)CCCC(S)CCCCCCCCCCCCCCCC(C)C.CCCCC(=O)O. The Balaban J connectivity index is 0. The number of aliphatic carboxylic acids is 1. The van der Waals surface area contributed by atoms with E-state index in [2.05, 4.69) is 27.7 Å². The number of carbonyl (C=O) groups is 2. The summed E-state index contributed by atoms with van der Waals surface area (Å²) in [6.07, 6.45) is 44.5. The Labute approximate surface area is 326 Å².